The maximum absolute atomic E-state index is 12.0. The quantitative estimate of drug-likeness (QED) is 0.715. The molecule has 2 rings (SSSR count). The van der Waals surface area contributed by atoms with Gasteiger partial charge in [-0.2, -0.15) is 0 Å². The Labute approximate surface area is 101 Å². The van der Waals surface area contributed by atoms with Gasteiger partial charge in [0.25, 0.3) is 0 Å². The van der Waals surface area contributed by atoms with Crippen LogP contribution in [0.3, 0.4) is 0 Å². The minimum atomic E-state index is -3.43. The fraction of sp³-hybridized carbons (Fsp3) is 0.455. The SMILES string of the molecule is CCNS(=O)(=O)c1ccccc1NC1CC1N. The number of para-hydroxylation sites is 1. The molecule has 0 amide bonds. The molecule has 1 aromatic rings. The number of hydrogen-bond donors (Lipinski definition) is 3. The smallest absolute Gasteiger partial charge is 0.242 e. The first-order chi connectivity index (χ1) is 8.04. The van der Waals surface area contributed by atoms with Crippen molar-refractivity contribution in [3.63, 3.8) is 0 Å². The van der Waals surface area contributed by atoms with E-state index in [1.165, 1.54) is 0 Å². The standard InChI is InChI=1S/C11H17N3O2S/c1-2-13-17(15,16)11-6-4-3-5-9(11)14-10-7-8(10)12/h3-6,8,10,13-14H,2,7,12H2,1H3. The zero-order valence-electron chi connectivity index (χ0n) is 9.68. The summed E-state index contributed by atoms with van der Waals surface area (Å²) in [6.45, 7) is 2.13. The fourth-order valence-corrected chi connectivity index (χ4v) is 2.88. The van der Waals surface area contributed by atoms with Gasteiger partial charge in [-0.25, -0.2) is 13.1 Å². The molecule has 6 heteroatoms. The highest BCUT2D eigenvalue weighted by Crippen LogP contribution is 2.28. The predicted octanol–water partition coefficient (Wildman–Crippen LogP) is 0.496. The van der Waals surface area contributed by atoms with Crippen LogP contribution in [0.1, 0.15) is 13.3 Å². The Morgan fingerprint density at radius 1 is 1.41 bits per heavy atom. The first-order valence-electron chi connectivity index (χ1n) is 5.65. The lowest BCUT2D eigenvalue weighted by molar-refractivity contribution is 0.584. The molecule has 0 saturated heterocycles. The average molecular weight is 255 g/mol. The van der Waals surface area contributed by atoms with Crippen LogP contribution < -0.4 is 15.8 Å². The van der Waals surface area contributed by atoms with Crippen molar-refractivity contribution in [2.45, 2.75) is 30.3 Å². The summed E-state index contributed by atoms with van der Waals surface area (Å²) in [7, 11) is -3.43. The van der Waals surface area contributed by atoms with E-state index in [1.54, 1.807) is 31.2 Å². The van der Waals surface area contributed by atoms with Gasteiger partial charge in [-0.05, 0) is 18.6 Å². The van der Waals surface area contributed by atoms with E-state index in [0.717, 1.165) is 6.42 Å². The van der Waals surface area contributed by atoms with Crippen molar-refractivity contribution in [2.24, 2.45) is 5.73 Å². The summed E-state index contributed by atoms with van der Waals surface area (Å²) < 4.78 is 26.4. The molecule has 2 atom stereocenters. The maximum Gasteiger partial charge on any atom is 0.242 e. The van der Waals surface area contributed by atoms with E-state index in [0.29, 0.717) is 12.2 Å². The van der Waals surface area contributed by atoms with E-state index in [1.807, 2.05) is 0 Å². The lowest BCUT2D eigenvalue weighted by Crippen LogP contribution is -2.25. The Morgan fingerprint density at radius 3 is 2.65 bits per heavy atom. The van der Waals surface area contributed by atoms with Crippen molar-refractivity contribution >= 4 is 15.7 Å². The Balaban J connectivity index is 2.27. The van der Waals surface area contributed by atoms with E-state index in [-0.39, 0.29) is 17.0 Å². The van der Waals surface area contributed by atoms with Crippen LogP contribution in [0.5, 0.6) is 0 Å². The molecule has 0 aliphatic heterocycles. The van der Waals surface area contributed by atoms with Gasteiger partial charge in [-0.1, -0.05) is 19.1 Å². The molecule has 94 valence electrons. The molecule has 4 N–H and O–H groups in total. The Morgan fingerprint density at radius 2 is 2.06 bits per heavy atom. The molecule has 0 bridgehead atoms. The fourth-order valence-electron chi connectivity index (χ4n) is 1.67. The van der Waals surface area contributed by atoms with Gasteiger partial charge in [0, 0.05) is 18.6 Å². The highest BCUT2D eigenvalue weighted by molar-refractivity contribution is 7.89. The van der Waals surface area contributed by atoms with Crippen LogP contribution in [0.25, 0.3) is 0 Å². The number of benzene rings is 1. The van der Waals surface area contributed by atoms with Gasteiger partial charge in [0.1, 0.15) is 4.90 Å². The first kappa shape index (κ1) is 12.3. The summed E-state index contributed by atoms with van der Waals surface area (Å²) in [6.07, 6.45) is 0.885. The molecule has 1 aromatic carbocycles. The molecule has 0 radical (unpaired) electrons. The lowest BCUT2D eigenvalue weighted by Gasteiger charge is -2.12. The van der Waals surface area contributed by atoms with Gasteiger partial charge >= 0.3 is 0 Å². The normalized spacial score (nSPS) is 23.4. The van der Waals surface area contributed by atoms with Gasteiger partial charge in [0.05, 0.1) is 5.69 Å². The van der Waals surface area contributed by atoms with Crippen LogP contribution >= 0.6 is 0 Å². The highest BCUT2D eigenvalue weighted by atomic mass is 32.2. The third-order valence-electron chi connectivity index (χ3n) is 2.69. The number of nitrogens with one attached hydrogen (secondary N) is 2. The van der Waals surface area contributed by atoms with Crippen molar-refractivity contribution in [3.05, 3.63) is 24.3 Å². The van der Waals surface area contributed by atoms with E-state index >= 15 is 0 Å². The van der Waals surface area contributed by atoms with Crippen LogP contribution in [0.4, 0.5) is 5.69 Å². The Bertz CT molecular complexity index is 501. The first-order valence-corrected chi connectivity index (χ1v) is 7.13. The number of sulfonamides is 1. The van der Waals surface area contributed by atoms with Crippen LogP contribution in [0, 0.1) is 0 Å². The lowest BCUT2D eigenvalue weighted by atomic mass is 10.3. The zero-order valence-corrected chi connectivity index (χ0v) is 10.5. The molecule has 5 nitrogen and oxygen atoms in total. The third kappa shape index (κ3) is 2.77. The molecule has 0 aromatic heterocycles. The molecule has 2 unspecified atom stereocenters. The van der Waals surface area contributed by atoms with E-state index in [4.69, 9.17) is 5.73 Å². The Hall–Kier alpha value is -1.11. The second-order valence-electron chi connectivity index (χ2n) is 4.15. The van der Waals surface area contributed by atoms with Crippen molar-refractivity contribution in [1.82, 2.24) is 4.72 Å². The summed E-state index contributed by atoms with van der Waals surface area (Å²) in [5.41, 5.74) is 6.32. The number of rotatable bonds is 5. The van der Waals surface area contributed by atoms with Gasteiger partial charge in [0.15, 0.2) is 0 Å². The minimum Gasteiger partial charge on any atom is -0.380 e. The van der Waals surface area contributed by atoms with Gasteiger partial charge in [-0.3, -0.25) is 0 Å². The summed E-state index contributed by atoms with van der Waals surface area (Å²) >= 11 is 0. The summed E-state index contributed by atoms with van der Waals surface area (Å²) in [4.78, 5) is 0.279. The topological polar surface area (TPSA) is 84.2 Å². The van der Waals surface area contributed by atoms with E-state index < -0.39 is 10.0 Å². The summed E-state index contributed by atoms with van der Waals surface area (Å²) in [5.74, 6) is 0. The Kier molecular flexibility index (Phi) is 3.37. The highest BCUT2D eigenvalue weighted by Gasteiger charge is 2.34. The summed E-state index contributed by atoms with van der Waals surface area (Å²) in [5, 5.41) is 3.15. The monoisotopic (exact) mass is 255 g/mol. The largest absolute Gasteiger partial charge is 0.380 e. The summed E-state index contributed by atoms with van der Waals surface area (Å²) in [6, 6.07) is 7.19. The molecule has 0 spiro atoms. The third-order valence-corrected chi connectivity index (χ3v) is 4.30. The van der Waals surface area contributed by atoms with Crippen LogP contribution in [-0.2, 0) is 10.0 Å². The average Bonchev–Trinajstić information content (AvgIpc) is 2.95. The van der Waals surface area contributed by atoms with E-state index in [2.05, 4.69) is 10.0 Å². The van der Waals surface area contributed by atoms with Crippen molar-refractivity contribution in [2.75, 3.05) is 11.9 Å². The zero-order chi connectivity index (χ0) is 12.5. The molecular weight excluding hydrogens is 238 g/mol. The van der Waals surface area contributed by atoms with Gasteiger partial charge in [-0.15, -0.1) is 0 Å². The van der Waals surface area contributed by atoms with E-state index in [9.17, 15) is 8.42 Å². The number of hydrogen-bond acceptors (Lipinski definition) is 4. The number of anilines is 1. The number of nitrogens with two attached hydrogens (primary N) is 1. The molecule has 1 saturated carbocycles. The van der Waals surface area contributed by atoms with Gasteiger partial charge < -0.3 is 11.1 Å². The molecule has 17 heavy (non-hydrogen) atoms. The predicted molar refractivity (Wildman–Crippen MR) is 67.3 cm³/mol. The second kappa shape index (κ2) is 4.64. The molecule has 0 heterocycles. The molecule has 1 fully saturated rings. The van der Waals surface area contributed by atoms with Crippen molar-refractivity contribution in [3.8, 4) is 0 Å². The van der Waals surface area contributed by atoms with Crippen molar-refractivity contribution < 1.29 is 8.42 Å². The molecule has 1 aliphatic carbocycles. The molecule has 1 aliphatic rings. The van der Waals surface area contributed by atoms with Crippen LogP contribution in [-0.4, -0.2) is 27.0 Å². The molecular formula is C11H17N3O2S. The second-order valence-corrected chi connectivity index (χ2v) is 5.88. The maximum atomic E-state index is 12.0. The van der Waals surface area contributed by atoms with Crippen LogP contribution in [0.2, 0.25) is 0 Å². The van der Waals surface area contributed by atoms with Crippen LogP contribution in [0.15, 0.2) is 29.2 Å². The van der Waals surface area contributed by atoms with Crippen molar-refractivity contribution in [1.29, 1.82) is 0 Å². The minimum absolute atomic E-state index is 0.130. The van der Waals surface area contributed by atoms with Gasteiger partial charge in [0.2, 0.25) is 10.0 Å².